The molecule has 0 saturated carbocycles. The molecule has 0 fully saturated rings. The van der Waals surface area contributed by atoms with E-state index in [0.29, 0.717) is 16.7 Å². The van der Waals surface area contributed by atoms with E-state index in [9.17, 15) is 38.9 Å². The third kappa shape index (κ3) is 10.4. The molecule has 9 nitrogen and oxygen atoms in total. The van der Waals surface area contributed by atoms with Crippen molar-refractivity contribution >= 4 is 30.4 Å². The molecule has 34 heavy (non-hydrogen) atoms. The van der Waals surface area contributed by atoms with Crippen molar-refractivity contribution in [2.24, 2.45) is 0 Å². The van der Waals surface area contributed by atoms with Gasteiger partial charge in [0.2, 0.25) is 0 Å². The summed E-state index contributed by atoms with van der Waals surface area (Å²) >= 11 is 0. The minimum atomic E-state index is -4.28. The summed E-state index contributed by atoms with van der Waals surface area (Å²) < 4.78 is 94.5. The molecule has 1 radical (unpaired) electrons. The molecular formula is C21H21FeO9S3. The van der Waals surface area contributed by atoms with Crippen LogP contribution in [0.5, 0.6) is 0 Å². The van der Waals surface area contributed by atoms with Gasteiger partial charge in [-0.2, -0.15) is 0 Å². The first kappa shape index (κ1) is 31.9. The van der Waals surface area contributed by atoms with Gasteiger partial charge in [-0.05, 0) is 55.7 Å². The van der Waals surface area contributed by atoms with Crippen LogP contribution in [0.25, 0.3) is 0 Å². The Morgan fingerprint density at radius 3 is 0.735 bits per heavy atom. The van der Waals surface area contributed by atoms with Gasteiger partial charge in [0.15, 0.2) is 0 Å². The van der Waals surface area contributed by atoms with Gasteiger partial charge in [-0.15, -0.1) is 0 Å². The van der Waals surface area contributed by atoms with Crippen LogP contribution in [0.15, 0.2) is 87.5 Å². The quantitative estimate of drug-likeness (QED) is 0.340. The third-order valence-corrected chi connectivity index (χ3v) is 7.08. The van der Waals surface area contributed by atoms with Gasteiger partial charge in [-0.25, -0.2) is 25.3 Å². The number of hydrogen-bond donors (Lipinski definition) is 0. The summed E-state index contributed by atoms with van der Waals surface area (Å²) in [4.78, 5) is -0.417. The topological polar surface area (TPSA) is 172 Å². The molecule has 0 spiro atoms. The Morgan fingerprint density at radius 1 is 0.441 bits per heavy atom. The molecule has 3 aromatic carbocycles. The molecule has 0 N–H and O–H groups in total. The standard InChI is InChI=1S/3C7H8O3S.Fe/c3*1-6-4-2-3-5-7(6)11(8,9)10;/h3*2-5H,1H3,(H,8,9,10);/q;;;+3/p-3. The van der Waals surface area contributed by atoms with E-state index in [1.165, 1.54) is 36.4 Å². The number of benzene rings is 3. The Bertz CT molecular complexity index is 1240. The van der Waals surface area contributed by atoms with Crippen molar-refractivity contribution in [1.29, 1.82) is 0 Å². The zero-order valence-corrected chi connectivity index (χ0v) is 21.7. The molecule has 0 atom stereocenters. The van der Waals surface area contributed by atoms with E-state index in [4.69, 9.17) is 0 Å². The van der Waals surface area contributed by atoms with Gasteiger partial charge in [-0.3, -0.25) is 0 Å². The minimum Gasteiger partial charge on any atom is -0.744 e. The Labute approximate surface area is 210 Å². The normalized spacial score (nSPS) is 11.1. The van der Waals surface area contributed by atoms with E-state index in [1.54, 1.807) is 57.2 Å². The summed E-state index contributed by atoms with van der Waals surface area (Å²) in [7, 11) is -12.9. The SMILES string of the molecule is Cc1ccccc1S(=O)(=O)[O-].Cc1ccccc1S(=O)(=O)[O-].Cc1ccccc1S(=O)(=O)[O-].[Fe+3]. The largest absolute Gasteiger partial charge is 3.00 e. The first-order chi connectivity index (χ1) is 15.0. The Kier molecular flexibility index (Phi) is 12.3. The molecule has 0 heterocycles. The summed E-state index contributed by atoms with van der Waals surface area (Å²) in [6.45, 7) is 4.76. The molecule has 185 valence electrons. The van der Waals surface area contributed by atoms with E-state index in [1.807, 2.05) is 0 Å². The van der Waals surface area contributed by atoms with Crippen LogP contribution in [0, 0.1) is 20.8 Å². The van der Waals surface area contributed by atoms with Crippen molar-refractivity contribution in [2.75, 3.05) is 0 Å². The molecule has 0 aliphatic carbocycles. The van der Waals surface area contributed by atoms with E-state index in [0.717, 1.165) is 0 Å². The summed E-state index contributed by atoms with van der Waals surface area (Å²) in [6.07, 6.45) is 0. The fourth-order valence-electron chi connectivity index (χ4n) is 2.51. The van der Waals surface area contributed by atoms with Gasteiger partial charge in [0.25, 0.3) is 0 Å². The summed E-state index contributed by atoms with van der Waals surface area (Å²) in [5, 5.41) is 0. The molecule has 0 aromatic heterocycles. The molecule has 3 aromatic rings. The van der Waals surface area contributed by atoms with Crippen LogP contribution in [0.3, 0.4) is 0 Å². The predicted octanol–water partition coefficient (Wildman–Crippen LogP) is 2.69. The molecule has 0 unspecified atom stereocenters. The van der Waals surface area contributed by atoms with E-state index in [2.05, 4.69) is 0 Å². The Balaban J connectivity index is 0.000000473. The summed E-state index contributed by atoms with van der Waals surface area (Å²) in [6, 6.07) is 18.3. The first-order valence-electron chi connectivity index (χ1n) is 9.09. The van der Waals surface area contributed by atoms with Gasteiger partial charge in [0, 0.05) is 0 Å². The fraction of sp³-hybridized carbons (Fsp3) is 0.143. The van der Waals surface area contributed by atoms with E-state index < -0.39 is 30.4 Å². The van der Waals surface area contributed by atoms with Crippen molar-refractivity contribution < 1.29 is 56.0 Å². The first-order valence-corrected chi connectivity index (χ1v) is 13.3. The number of aryl methyl sites for hydroxylation is 3. The van der Waals surface area contributed by atoms with Crippen LogP contribution in [-0.2, 0) is 47.4 Å². The van der Waals surface area contributed by atoms with E-state index >= 15 is 0 Å². The monoisotopic (exact) mass is 569 g/mol. The second kappa shape index (κ2) is 13.1. The van der Waals surface area contributed by atoms with Crippen LogP contribution in [-0.4, -0.2) is 38.9 Å². The average molecular weight is 569 g/mol. The molecule has 0 amide bonds. The van der Waals surface area contributed by atoms with Crippen LogP contribution in [0.4, 0.5) is 0 Å². The van der Waals surface area contributed by atoms with Crippen LogP contribution in [0.1, 0.15) is 16.7 Å². The molecule has 13 heteroatoms. The van der Waals surface area contributed by atoms with Crippen molar-refractivity contribution in [3.8, 4) is 0 Å². The van der Waals surface area contributed by atoms with Crippen LogP contribution < -0.4 is 0 Å². The van der Waals surface area contributed by atoms with Gasteiger partial charge < -0.3 is 13.7 Å². The van der Waals surface area contributed by atoms with Gasteiger partial charge in [0.1, 0.15) is 30.4 Å². The summed E-state index contributed by atoms with van der Waals surface area (Å²) in [5.74, 6) is 0. The molecule has 3 rings (SSSR count). The zero-order chi connectivity index (χ0) is 25.4. The molecule has 0 bridgehead atoms. The predicted molar refractivity (Wildman–Crippen MR) is 117 cm³/mol. The number of rotatable bonds is 3. The Hall–Kier alpha value is -2.09. The molecular weight excluding hydrogens is 548 g/mol. The van der Waals surface area contributed by atoms with Gasteiger partial charge in [0.05, 0.1) is 14.7 Å². The molecule has 0 aliphatic heterocycles. The number of hydrogen-bond acceptors (Lipinski definition) is 9. The maximum atomic E-state index is 10.5. The maximum absolute atomic E-state index is 10.5. The van der Waals surface area contributed by atoms with E-state index in [-0.39, 0.29) is 31.8 Å². The minimum absolute atomic E-state index is 0. The van der Waals surface area contributed by atoms with Crippen molar-refractivity contribution in [1.82, 2.24) is 0 Å². The second-order valence-corrected chi connectivity index (χ2v) is 10.7. The maximum Gasteiger partial charge on any atom is 3.00 e. The Morgan fingerprint density at radius 2 is 0.618 bits per heavy atom. The fourth-order valence-corrected chi connectivity index (χ4v) is 4.63. The smallest absolute Gasteiger partial charge is 0.744 e. The third-order valence-electron chi connectivity index (χ3n) is 4.09. The molecule has 0 saturated heterocycles. The van der Waals surface area contributed by atoms with Gasteiger partial charge in [-0.1, -0.05) is 54.6 Å². The van der Waals surface area contributed by atoms with Crippen molar-refractivity contribution in [3.05, 3.63) is 89.5 Å². The van der Waals surface area contributed by atoms with Crippen molar-refractivity contribution in [3.63, 3.8) is 0 Å². The zero-order valence-electron chi connectivity index (χ0n) is 18.2. The average Bonchev–Trinajstić information content (AvgIpc) is 2.67. The van der Waals surface area contributed by atoms with Crippen LogP contribution in [0.2, 0.25) is 0 Å². The van der Waals surface area contributed by atoms with Gasteiger partial charge >= 0.3 is 17.1 Å². The van der Waals surface area contributed by atoms with Crippen molar-refractivity contribution in [2.45, 2.75) is 35.5 Å². The molecule has 0 aliphatic rings. The summed E-state index contributed by atoms with van der Waals surface area (Å²) in [5.41, 5.74) is 1.47. The van der Waals surface area contributed by atoms with Crippen LogP contribution >= 0.6 is 0 Å². The second-order valence-electron chi connectivity index (χ2n) is 6.66.